The van der Waals surface area contributed by atoms with E-state index in [1.165, 1.54) is 45.1 Å². The Morgan fingerprint density at radius 3 is 2.82 bits per heavy atom. The topological polar surface area (TPSA) is 24.5 Å². The molecule has 2 fully saturated rings. The molecule has 1 heterocycles. The zero-order valence-electron chi connectivity index (χ0n) is 11.5. The lowest BCUT2D eigenvalue weighted by atomic mass is 9.89. The molecule has 100 valence electrons. The van der Waals surface area contributed by atoms with Crippen molar-refractivity contribution in [1.29, 1.82) is 0 Å². The maximum atomic E-state index is 5.50. The van der Waals surface area contributed by atoms with Crippen molar-refractivity contribution in [2.75, 3.05) is 26.8 Å². The summed E-state index contributed by atoms with van der Waals surface area (Å²) in [6, 6.07) is 2.19. The molecule has 3 atom stereocenters. The van der Waals surface area contributed by atoms with Crippen molar-refractivity contribution >= 4 is 0 Å². The Kier molecular flexibility index (Phi) is 5.26. The Balaban J connectivity index is 1.79. The fourth-order valence-corrected chi connectivity index (χ4v) is 3.21. The fraction of sp³-hybridized carbons (Fsp3) is 1.00. The van der Waals surface area contributed by atoms with Gasteiger partial charge in [-0.2, -0.15) is 0 Å². The van der Waals surface area contributed by atoms with E-state index in [0.29, 0.717) is 6.04 Å². The molecule has 0 bridgehead atoms. The minimum Gasteiger partial charge on any atom is -0.380 e. The largest absolute Gasteiger partial charge is 0.380 e. The summed E-state index contributed by atoms with van der Waals surface area (Å²) in [5, 5.41) is 3.69. The van der Waals surface area contributed by atoms with Gasteiger partial charge in [-0.1, -0.05) is 13.3 Å². The van der Waals surface area contributed by atoms with Crippen LogP contribution in [0.5, 0.6) is 0 Å². The van der Waals surface area contributed by atoms with Crippen molar-refractivity contribution < 1.29 is 4.74 Å². The second-order valence-electron chi connectivity index (χ2n) is 5.65. The third kappa shape index (κ3) is 3.67. The van der Waals surface area contributed by atoms with Crippen molar-refractivity contribution in [2.24, 2.45) is 0 Å². The predicted octanol–water partition coefficient (Wildman–Crippen LogP) is 2.02. The van der Waals surface area contributed by atoms with Crippen LogP contribution < -0.4 is 5.32 Å². The van der Waals surface area contributed by atoms with Gasteiger partial charge in [-0.25, -0.2) is 0 Å². The Bertz CT molecular complexity index is 216. The molecule has 1 saturated carbocycles. The van der Waals surface area contributed by atoms with Gasteiger partial charge in [-0.15, -0.1) is 0 Å². The number of nitrogens with one attached hydrogen (secondary N) is 1. The summed E-state index contributed by atoms with van der Waals surface area (Å²) < 4.78 is 5.50. The zero-order valence-corrected chi connectivity index (χ0v) is 11.5. The summed E-state index contributed by atoms with van der Waals surface area (Å²) in [5.41, 5.74) is 0. The smallest absolute Gasteiger partial charge is 0.0622 e. The van der Waals surface area contributed by atoms with Crippen LogP contribution in [0.15, 0.2) is 0 Å². The zero-order chi connectivity index (χ0) is 12.1. The molecule has 0 spiro atoms. The second kappa shape index (κ2) is 6.72. The van der Waals surface area contributed by atoms with Crippen molar-refractivity contribution in [1.82, 2.24) is 10.2 Å². The van der Waals surface area contributed by atoms with Gasteiger partial charge in [0.25, 0.3) is 0 Å². The normalized spacial score (nSPS) is 34.4. The molecule has 2 rings (SSSR count). The Hall–Kier alpha value is -0.120. The average molecular weight is 240 g/mol. The monoisotopic (exact) mass is 240 g/mol. The summed E-state index contributed by atoms with van der Waals surface area (Å²) in [5.74, 6) is 0. The van der Waals surface area contributed by atoms with Crippen LogP contribution in [0.25, 0.3) is 0 Å². The number of ether oxygens (including phenoxy) is 1. The molecule has 0 amide bonds. The number of hydrogen-bond acceptors (Lipinski definition) is 3. The predicted molar refractivity (Wildman–Crippen MR) is 71.3 cm³/mol. The van der Waals surface area contributed by atoms with Crippen LogP contribution in [0.1, 0.15) is 45.4 Å². The van der Waals surface area contributed by atoms with Gasteiger partial charge in [0.1, 0.15) is 0 Å². The number of nitrogens with zero attached hydrogens (tertiary/aromatic N) is 1. The fourth-order valence-electron chi connectivity index (χ4n) is 3.21. The SMILES string of the molecule is CCCNC1CCCC(N(C)C2CCOC2)C1. The van der Waals surface area contributed by atoms with E-state index in [2.05, 4.69) is 24.2 Å². The third-order valence-electron chi connectivity index (χ3n) is 4.39. The van der Waals surface area contributed by atoms with Gasteiger partial charge in [0.15, 0.2) is 0 Å². The highest BCUT2D eigenvalue weighted by Gasteiger charge is 2.30. The molecule has 2 aliphatic rings. The lowest BCUT2D eigenvalue weighted by Crippen LogP contribution is -2.47. The van der Waals surface area contributed by atoms with Gasteiger partial charge >= 0.3 is 0 Å². The van der Waals surface area contributed by atoms with Gasteiger partial charge in [0.05, 0.1) is 6.61 Å². The van der Waals surface area contributed by atoms with E-state index in [0.717, 1.165) is 25.3 Å². The summed E-state index contributed by atoms with van der Waals surface area (Å²) in [6.45, 7) is 5.32. The standard InChI is InChI=1S/C14H28N2O/c1-3-8-15-12-5-4-6-13(10-12)16(2)14-7-9-17-11-14/h12-15H,3-11H2,1-2H3. The highest BCUT2D eigenvalue weighted by atomic mass is 16.5. The number of hydrogen-bond donors (Lipinski definition) is 1. The van der Waals surface area contributed by atoms with E-state index in [4.69, 9.17) is 4.74 Å². The van der Waals surface area contributed by atoms with Crippen LogP contribution in [-0.2, 0) is 4.74 Å². The lowest BCUT2D eigenvalue weighted by Gasteiger charge is -2.38. The van der Waals surface area contributed by atoms with Gasteiger partial charge in [-0.05, 0) is 45.7 Å². The average Bonchev–Trinajstić information content (AvgIpc) is 2.89. The highest BCUT2D eigenvalue weighted by Crippen LogP contribution is 2.25. The molecule has 0 aromatic carbocycles. The third-order valence-corrected chi connectivity index (χ3v) is 4.39. The first-order chi connectivity index (χ1) is 8.31. The molecular formula is C14H28N2O. The minimum absolute atomic E-state index is 0.671. The lowest BCUT2D eigenvalue weighted by molar-refractivity contribution is 0.104. The number of likely N-dealkylation sites (N-methyl/N-ethyl adjacent to an activating group) is 1. The summed E-state index contributed by atoms with van der Waals surface area (Å²) >= 11 is 0. The summed E-state index contributed by atoms with van der Waals surface area (Å²) in [6.07, 6.45) is 7.91. The first-order valence-corrected chi connectivity index (χ1v) is 7.34. The molecule has 3 heteroatoms. The Labute approximate surface area is 106 Å². The molecule has 0 aromatic heterocycles. The first kappa shape index (κ1) is 13.3. The molecule has 1 aliphatic carbocycles. The van der Waals surface area contributed by atoms with Crippen LogP contribution in [0.3, 0.4) is 0 Å². The molecule has 0 aromatic rings. The van der Waals surface area contributed by atoms with E-state index in [1.807, 2.05) is 0 Å². The van der Waals surface area contributed by atoms with Gasteiger partial charge in [0, 0.05) is 24.7 Å². The van der Waals surface area contributed by atoms with Crippen LogP contribution in [0, 0.1) is 0 Å². The summed E-state index contributed by atoms with van der Waals surface area (Å²) in [4.78, 5) is 2.59. The number of rotatable bonds is 5. The summed E-state index contributed by atoms with van der Waals surface area (Å²) in [7, 11) is 2.30. The molecule has 1 saturated heterocycles. The first-order valence-electron chi connectivity index (χ1n) is 7.34. The van der Waals surface area contributed by atoms with Crippen LogP contribution >= 0.6 is 0 Å². The van der Waals surface area contributed by atoms with Crippen molar-refractivity contribution in [3.63, 3.8) is 0 Å². The van der Waals surface area contributed by atoms with Crippen LogP contribution in [-0.4, -0.2) is 49.8 Å². The molecule has 1 aliphatic heterocycles. The maximum absolute atomic E-state index is 5.50. The van der Waals surface area contributed by atoms with E-state index >= 15 is 0 Å². The Morgan fingerprint density at radius 2 is 2.12 bits per heavy atom. The van der Waals surface area contributed by atoms with Gasteiger partial charge in [0.2, 0.25) is 0 Å². The second-order valence-corrected chi connectivity index (χ2v) is 5.65. The Morgan fingerprint density at radius 1 is 1.24 bits per heavy atom. The van der Waals surface area contributed by atoms with E-state index in [-0.39, 0.29) is 0 Å². The van der Waals surface area contributed by atoms with Crippen LogP contribution in [0.2, 0.25) is 0 Å². The minimum atomic E-state index is 0.671. The van der Waals surface area contributed by atoms with Gasteiger partial charge < -0.3 is 10.1 Å². The van der Waals surface area contributed by atoms with E-state index in [1.54, 1.807) is 0 Å². The molecule has 0 radical (unpaired) electrons. The van der Waals surface area contributed by atoms with Crippen molar-refractivity contribution in [2.45, 2.75) is 63.6 Å². The molecule has 3 nitrogen and oxygen atoms in total. The molecule has 1 N–H and O–H groups in total. The maximum Gasteiger partial charge on any atom is 0.0622 e. The molecular weight excluding hydrogens is 212 g/mol. The van der Waals surface area contributed by atoms with E-state index in [9.17, 15) is 0 Å². The van der Waals surface area contributed by atoms with Crippen LogP contribution in [0.4, 0.5) is 0 Å². The quantitative estimate of drug-likeness (QED) is 0.795. The van der Waals surface area contributed by atoms with E-state index < -0.39 is 0 Å². The molecule has 3 unspecified atom stereocenters. The van der Waals surface area contributed by atoms with Crippen molar-refractivity contribution in [3.05, 3.63) is 0 Å². The van der Waals surface area contributed by atoms with Crippen molar-refractivity contribution in [3.8, 4) is 0 Å². The highest BCUT2D eigenvalue weighted by molar-refractivity contribution is 4.86. The molecule has 17 heavy (non-hydrogen) atoms. The van der Waals surface area contributed by atoms with Gasteiger partial charge in [-0.3, -0.25) is 4.90 Å².